The highest BCUT2D eigenvalue weighted by atomic mass is 32.1. The van der Waals surface area contributed by atoms with Gasteiger partial charge in [0.05, 0.1) is 21.7 Å². The molecule has 4 aromatic rings. The third-order valence-electron chi connectivity index (χ3n) is 4.69. The molecule has 0 atom stereocenters. The zero-order valence-electron chi connectivity index (χ0n) is 16.5. The van der Waals surface area contributed by atoms with Gasteiger partial charge in [-0.2, -0.15) is 4.99 Å². The Kier molecular flexibility index (Phi) is 5.59. The minimum absolute atomic E-state index is 0.116. The molecule has 0 aliphatic heterocycles. The van der Waals surface area contributed by atoms with Crippen LogP contribution in [-0.4, -0.2) is 28.0 Å². The highest BCUT2D eigenvalue weighted by Gasteiger charge is 2.16. The Hall–Kier alpha value is -3.85. The predicted octanol–water partition coefficient (Wildman–Crippen LogP) is 4.07. The summed E-state index contributed by atoms with van der Waals surface area (Å²) in [4.78, 5) is 40.4. The lowest BCUT2D eigenvalue weighted by atomic mass is 10.0. The highest BCUT2D eigenvalue weighted by molar-refractivity contribution is 7.16. The average molecular weight is 435 g/mol. The Morgan fingerprint density at radius 3 is 2.68 bits per heavy atom. The molecule has 4 rings (SSSR count). The van der Waals surface area contributed by atoms with Crippen molar-refractivity contribution in [2.24, 2.45) is 4.99 Å². The van der Waals surface area contributed by atoms with Gasteiger partial charge < -0.3 is 9.30 Å². The summed E-state index contributed by atoms with van der Waals surface area (Å²) in [6.45, 7) is 1.67. The molecule has 0 saturated heterocycles. The van der Waals surface area contributed by atoms with Crippen molar-refractivity contribution in [3.63, 3.8) is 0 Å². The van der Waals surface area contributed by atoms with Crippen LogP contribution in [0.5, 0.6) is 0 Å². The maximum Gasteiger partial charge on any atom is 0.326 e. The maximum atomic E-state index is 13.0. The first-order chi connectivity index (χ1) is 15.0. The quantitative estimate of drug-likeness (QED) is 0.267. The van der Waals surface area contributed by atoms with Gasteiger partial charge in [-0.3, -0.25) is 19.7 Å². The lowest BCUT2D eigenvalue weighted by molar-refractivity contribution is -0.384. The van der Waals surface area contributed by atoms with E-state index < -0.39 is 16.8 Å². The van der Waals surface area contributed by atoms with Crippen LogP contribution >= 0.6 is 11.3 Å². The van der Waals surface area contributed by atoms with E-state index in [2.05, 4.69) is 4.99 Å². The van der Waals surface area contributed by atoms with Gasteiger partial charge in [-0.25, -0.2) is 0 Å². The van der Waals surface area contributed by atoms with Crippen molar-refractivity contribution in [2.75, 3.05) is 6.61 Å². The Morgan fingerprint density at radius 2 is 1.90 bits per heavy atom. The first-order valence-electron chi connectivity index (χ1n) is 9.48. The SMILES string of the molecule is CCOC(=O)Cn1c(=NC(=O)c2cccc3ccccc23)sc2ccc([N+](=O)[O-])cc21. The van der Waals surface area contributed by atoms with Crippen LogP contribution in [0, 0.1) is 10.1 Å². The summed E-state index contributed by atoms with van der Waals surface area (Å²) in [7, 11) is 0. The molecule has 8 nitrogen and oxygen atoms in total. The van der Waals surface area contributed by atoms with Crippen molar-refractivity contribution >= 4 is 49.9 Å². The number of rotatable bonds is 5. The number of amides is 1. The van der Waals surface area contributed by atoms with E-state index in [1.54, 1.807) is 25.1 Å². The Balaban J connectivity index is 1.88. The number of thiazole rings is 1. The van der Waals surface area contributed by atoms with Gasteiger partial charge >= 0.3 is 5.97 Å². The summed E-state index contributed by atoms with van der Waals surface area (Å²) in [6, 6.07) is 17.2. The summed E-state index contributed by atoms with van der Waals surface area (Å²) in [5, 5.41) is 12.9. The number of fused-ring (bicyclic) bond motifs is 2. The average Bonchev–Trinajstić information content (AvgIpc) is 3.09. The van der Waals surface area contributed by atoms with Gasteiger partial charge in [0.2, 0.25) is 0 Å². The maximum absolute atomic E-state index is 13.0. The van der Waals surface area contributed by atoms with Crippen molar-refractivity contribution in [1.29, 1.82) is 0 Å². The summed E-state index contributed by atoms with van der Waals surface area (Å²) in [5.41, 5.74) is 0.760. The Bertz CT molecular complexity index is 1400. The van der Waals surface area contributed by atoms with Gasteiger partial charge in [0.15, 0.2) is 4.80 Å². The number of carbonyl (C=O) groups is 2. The molecule has 0 saturated carbocycles. The van der Waals surface area contributed by atoms with E-state index in [1.807, 2.05) is 30.3 Å². The molecule has 1 amide bonds. The number of nitro benzene ring substituents is 1. The molecule has 0 spiro atoms. The summed E-state index contributed by atoms with van der Waals surface area (Å²) < 4.78 is 7.17. The second-order valence-corrected chi connectivity index (χ2v) is 7.64. The lowest BCUT2D eigenvalue weighted by Gasteiger charge is -2.05. The van der Waals surface area contributed by atoms with Crippen molar-refractivity contribution in [1.82, 2.24) is 4.57 Å². The van der Waals surface area contributed by atoms with E-state index in [1.165, 1.54) is 28.0 Å². The third-order valence-corrected chi connectivity index (χ3v) is 5.75. The van der Waals surface area contributed by atoms with Gasteiger partial charge in [-0.1, -0.05) is 47.7 Å². The number of esters is 1. The summed E-state index contributed by atoms with van der Waals surface area (Å²) in [6.07, 6.45) is 0. The van der Waals surface area contributed by atoms with Crippen molar-refractivity contribution < 1.29 is 19.2 Å². The standard InChI is InChI=1S/C22H17N3O5S/c1-2-30-20(26)13-24-18-12-15(25(28)29)10-11-19(18)31-22(24)23-21(27)17-9-5-7-14-6-3-4-8-16(14)17/h3-12H,2,13H2,1H3. The van der Waals surface area contributed by atoms with Crippen LogP contribution in [0.3, 0.4) is 0 Å². The van der Waals surface area contributed by atoms with E-state index in [-0.39, 0.29) is 23.6 Å². The molecule has 0 unspecified atom stereocenters. The van der Waals surface area contributed by atoms with E-state index in [4.69, 9.17) is 4.74 Å². The zero-order valence-corrected chi connectivity index (χ0v) is 17.3. The van der Waals surface area contributed by atoms with Gasteiger partial charge in [-0.15, -0.1) is 0 Å². The lowest BCUT2D eigenvalue weighted by Crippen LogP contribution is -2.23. The van der Waals surface area contributed by atoms with Gasteiger partial charge in [0.1, 0.15) is 6.54 Å². The molecule has 1 aromatic heterocycles. The zero-order chi connectivity index (χ0) is 22.0. The van der Waals surface area contributed by atoms with E-state index in [0.717, 1.165) is 10.8 Å². The van der Waals surface area contributed by atoms with Crippen LogP contribution in [0.25, 0.3) is 21.0 Å². The predicted molar refractivity (Wildman–Crippen MR) is 117 cm³/mol. The molecule has 156 valence electrons. The monoisotopic (exact) mass is 435 g/mol. The normalized spacial score (nSPS) is 11.7. The largest absolute Gasteiger partial charge is 0.465 e. The fourth-order valence-corrected chi connectivity index (χ4v) is 4.31. The fraction of sp³-hybridized carbons (Fsp3) is 0.136. The molecule has 0 bridgehead atoms. The van der Waals surface area contributed by atoms with Crippen LogP contribution in [0.15, 0.2) is 65.7 Å². The molecule has 1 heterocycles. The number of non-ortho nitro benzene ring substituents is 1. The minimum atomic E-state index is -0.521. The first-order valence-corrected chi connectivity index (χ1v) is 10.3. The highest BCUT2D eigenvalue weighted by Crippen LogP contribution is 2.24. The van der Waals surface area contributed by atoms with Crippen molar-refractivity contribution in [3.8, 4) is 0 Å². The molecule has 31 heavy (non-hydrogen) atoms. The van der Waals surface area contributed by atoms with Gasteiger partial charge in [0.25, 0.3) is 11.6 Å². The summed E-state index contributed by atoms with van der Waals surface area (Å²) in [5.74, 6) is -0.983. The minimum Gasteiger partial charge on any atom is -0.465 e. The summed E-state index contributed by atoms with van der Waals surface area (Å²) >= 11 is 1.18. The van der Waals surface area contributed by atoms with Crippen molar-refractivity contribution in [3.05, 3.63) is 81.1 Å². The van der Waals surface area contributed by atoms with Crippen LogP contribution < -0.4 is 4.80 Å². The van der Waals surface area contributed by atoms with E-state index in [9.17, 15) is 19.7 Å². The van der Waals surface area contributed by atoms with Crippen molar-refractivity contribution in [2.45, 2.75) is 13.5 Å². The number of ether oxygens (including phenoxy) is 1. The van der Waals surface area contributed by atoms with Gasteiger partial charge in [-0.05, 0) is 29.8 Å². The van der Waals surface area contributed by atoms with Gasteiger partial charge in [0, 0.05) is 17.7 Å². The van der Waals surface area contributed by atoms with Crippen LogP contribution in [0.2, 0.25) is 0 Å². The number of benzene rings is 3. The number of aromatic nitrogens is 1. The molecular formula is C22H17N3O5S. The second kappa shape index (κ2) is 8.49. The molecule has 0 N–H and O–H groups in total. The molecule has 3 aromatic carbocycles. The number of hydrogen-bond acceptors (Lipinski definition) is 6. The molecule has 0 fully saturated rings. The van der Waals surface area contributed by atoms with Crippen LogP contribution in [-0.2, 0) is 16.1 Å². The molecule has 0 aliphatic carbocycles. The van der Waals surface area contributed by atoms with E-state index >= 15 is 0 Å². The Labute approximate surface area is 180 Å². The molecule has 0 radical (unpaired) electrons. The number of hydrogen-bond donors (Lipinski definition) is 0. The molecule has 0 aliphatic rings. The van der Waals surface area contributed by atoms with E-state index in [0.29, 0.717) is 15.8 Å². The number of nitro groups is 1. The molecular weight excluding hydrogens is 418 g/mol. The topological polar surface area (TPSA) is 104 Å². The second-order valence-electron chi connectivity index (χ2n) is 6.63. The number of carbonyl (C=O) groups excluding carboxylic acids is 2. The van der Waals surface area contributed by atoms with Crippen LogP contribution in [0.4, 0.5) is 5.69 Å². The fourth-order valence-electron chi connectivity index (χ4n) is 3.30. The smallest absolute Gasteiger partial charge is 0.326 e. The third kappa shape index (κ3) is 4.08. The van der Waals surface area contributed by atoms with Crippen LogP contribution in [0.1, 0.15) is 17.3 Å². The Morgan fingerprint density at radius 1 is 1.13 bits per heavy atom. The first kappa shape index (κ1) is 20.4. The molecule has 9 heteroatoms. The number of nitrogens with zero attached hydrogens (tertiary/aromatic N) is 3.